The molecular weight excluding hydrogens is 448 g/mol. The topological polar surface area (TPSA) is 95.7 Å². The number of benzene rings is 2. The third-order valence-corrected chi connectivity index (χ3v) is 6.76. The van der Waals surface area contributed by atoms with Gasteiger partial charge in [-0.05, 0) is 55.3 Å². The average molecular weight is 481 g/mol. The summed E-state index contributed by atoms with van der Waals surface area (Å²) < 4.78 is 16.9. The van der Waals surface area contributed by atoms with E-state index in [9.17, 15) is 9.59 Å². The van der Waals surface area contributed by atoms with Crippen LogP contribution in [0.1, 0.15) is 34.3 Å². The maximum Gasteiger partial charge on any atom is 0.319 e. The maximum atomic E-state index is 13.0. The van der Waals surface area contributed by atoms with Gasteiger partial charge in [0, 0.05) is 26.2 Å². The van der Waals surface area contributed by atoms with E-state index in [0.717, 1.165) is 42.8 Å². The van der Waals surface area contributed by atoms with Crippen LogP contribution < -0.4 is 20.1 Å². The molecule has 2 aromatic carbocycles. The Morgan fingerprint density at radius 1 is 1.14 bits per heavy atom. The molecule has 0 aliphatic carbocycles. The van der Waals surface area contributed by atoms with Gasteiger partial charge in [0.25, 0.3) is 5.91 Å². The predicted molar refractivity (Wildman–Crippen MR) is 129 cm³/mol. The lowest BCUT2D eigenvalue weighted by Gasteiger charge is -2.29. The molecule has 0 bridgehead atoms. The van der Waals surface area contributed by atoms with Crippen LogP contribution in [-0.2, 0) is 17.8 Å². The number of epoxide rings is 1. The highest BCUT2D eigenvalue weighted by Gasteiger charge is 2.46. The second-order valence-electron chi connectivity index (χ2n) is 9.41. The van der Waals surface area contributed by atoms with Crippen molar-refractivity contribution in [3.8, 4) is 11.5 Å². The molecule has 3 heterocycles. The molecule has 3 aliphatic heterocycles. The van der Waals surface area contributed by atoms with Crippen LogP contribution in [0, 0.1) is 0 Å². The number of carbonyl (C=O) groups is 2. The number of hydrogen-bond donors (Lipinski definition) is 2. The van der Waals surface area contributed by atoms with Crippen molar-refractivity contribution in [2.24, 2.45) is 0 Å². The highest BCUT2D eigenvalue weighted by atomic mass is 16.6. The van der Waals surface area contributed by atoms with Gasteiger partial charge in [-0.2, -0.15) is 0 Å². The van der Waals surface area contributed by atoms with E-state index in [1.54, 1.807) is 17.0 Å². The van der Waals surface area contributed by atoms with Gasteiger partial charge in [0.1, 0.15) is 23.7 Å². The number of ether oxygens (including phenoxy) is 3. The summed E-state index contributed by atoms with van der Waals surface area (Å²) in [5.74, 6) is 1.11. The molecule has 2 aromatic rings. The van der Waals surface area contributed by atoms with Crippen molar-refractivity contribution in [3.05, 3.63) is 59.2 Å². The van der Waals surface area contributed by atoms with Gasteiger partial charge < -0.3 is 34.6 Å². The molecule has 2 atom stereocenters. The van der Waals surface area contributed by atoms with Crippen molar-refractivity contribution >= 4 is 11.9 Å². The molecule has 35 heavy (non-hydrogen) atoms. The van der Waals surface area contributed by atoms with E-state index in [-0.39, 0.29) is 30.4 Å². The Morgan fingerprint density at radius 2 is 1.89 bits per heavy atom. The van der Waals surface area contributed by atoms with Crippen LogP contribution in [-0.4, -0.2) is 74.0 Å². The maximum absolute atomic E-state index is 13.0. The Kier molecular flexibility index (Phi) is 6.79. The molecule has 2 N–H and O–H groups in total. The third-order valence-electron chi connectivity index (χ3n) is 6.76. The normalized spacial score (nSPS) is 22.2. The van der Waals surface area contributed by atoms with Crippen LogP contribution in [0.5, 0.6) is 11.5 Å². The minimum atomic E-state index is -0.232. The Morgan fingerprint density at radius 3 is 2.63 bits per heavy atom. The Labute approximate surface area is 205 Å². The number of amides is 3. The zero-order valence-corrected chi connectivity index (χ0v) is 20.2. The van der Waals surface area contributed by atoms with Gasteiger partial charge in [-0.15, -0.1) is 0 Å². The minimum Gasteiger partial charge on any atom is -0.496 e. The number of nitrogens with one attached hydrogen (secondary N) is 2. The second kappa shape index (κ2) is 10.1. The molecular formula is C26H32N4O5. The second-order valence-corrected chi connectivity index (χ2v) is 9.41. The summed E-state index contributed by atoms with van der Waals surface area (Å²) in [5.41, 5.74) is 2.26. The van der Waals surface area contributed by atoms with E-state index in [1.165, 1.54) is 7.11 Å². The molecule has 3 aliphatic rings. The van der Waals surface area contributed by atoms with Gasteiger partial charge >= 0.3 is 6.03 Å². The summed E-state index contributed by atoms with van der Waals surface area (Å²) >= 11 is 0. The number of rotatable bonds is 8. The van der Waals surface area contributed by atoms with Crippen LogP contribution in [0.4, 0.5) is 4.79 Å². The molecule has 2 unspecified atom stereocenters. The molecule has 3 saturated heterocycles. The van der Waals surface area contributed by atoms with Crippen LogP contribution >= 0.6 is 0 Å². The molecule has 9 nitrogen and oxygen atoms in total. The van der Waals surface area contributed by atoms with Crippen molar-refractivity contribution in [2.45, 2.75) is 44.4 Å². The van der Waals surface area contributed by atoms with Crippen molar-refractivity contribution < 1.29 is 23.8 Å². The summed E-state index contributed by atoms with van der Waals surface area (Å²) in [7, 11) is 3.67. The van der Waals surface area contributed by atoms with Crippen LogP contribution in [0.25, 0.3) is 0 Å². The number of nitrogens with zero attached hydrogens (tertiary/aromatic N) is 2. The Hall–Kier alpha value is -3.30. The third kappa shape index (κ3) is 5.68. The number of carbonyl (C=O) groups excluding carboxylic acids is 2. The van der Waals surface area contributed by atoms with Crippen molar-refractivity contribution in [1.82, 2.24) is 20.4 Å². The molecule has 0 spiro atoms. The van der Waals surface area contributed by atoms with Gasteiger partial charge in [0.15, 0.2) is 6.23 Å². The number of likely N-dealkylation sites (tertiary alicyclic amines) is 1. The largest absolute Gasteiger partial charge is 0.496 e. The highest BCUT2D eigenvalue weighted by Crippen LogP contribution is 2.27. The van der Waals surface area contributed by atoms with E-state index in [0.29, 0.717) is 30.9 Å². The van der Waals surface area contributed by atoms with E-state index in [2.05, 4.69) is 22.6 Å². The number of piperidine rings is 1. The smallest absolute Gasteiger partial charge is 0.319 e. The van der Waals surface area contributed by atoms with E-state index >= 15 is 0 Å². The predicted octanol–water partition coefficient (Wildman–Crippen LogP) is 2.35. The Balaban J connectivity index is 1.17. The highest BCUT2D eigenvalue weighted by molar-refractivity contribution is 5.97. The van der Waals surface area contributed by atoms with E-state index in [1.807, 2.05) is 30.3 Å². The van der Waals surface area contributed by atoms with Crippen molar-refractivity contribution in [2.75, 3.05) is 33.8 Å². The first kappa shape index (κ1) is 23.4. The van der Waals surface area contributed by atoms with Gasteiger partial charge in [0.2, 0.25) is 0 Å². The lowest BCUT2D eigenvalue weighted by molar-refractivity contribution is 0.0947. The molecule has 3 fully saturated rings. The fraction of sp³-hybridized carbons (Fsp3) is 0.462. The van der Waals surface area contributed by atoms with Crippen molar-refractivity contribution in [3.63, 3.8) is 0 Å². The van der Waals surface area contributed by atoms with E-state index in [4.69, 9.17) is 14.2 Å². The first-order chi connectivity index (χ1) is 17.0. The van der Waals surface area contributed by atoms with Gasteiger partial charge in [-0.1, -0.05) is 18.2 Å². The first-order valence-electron chi connectivity index (χ1n) is 12.1. The van der Waals surface area contributed by atoms with Gasteiger partial charge in [0.05, 0.1) is 19.2 Å². The standard InChI is InChI=1S/C26H32N4O5/c1-29-11-9-20(10-12-29)34-19-6-3-17(4-7-19)14-27-24(31)21-13-18(5-8-22(21)33-2)15-30-16-23-25(35-23)28-26(30)32/h3-8,13,20,23,25H,9-12,14-16H2,1-2H3,(H,27,31)(H,28,32). The van der Waals surface area contributed by atoms with Gasteiger partial charge in [-0.3, -0.25) is 4.79 Å². The molecule has 0 radical (unpaired) electrons. The summed E-state index contributed by atoms with van der Waals surface area (Å²) in [6, 6.07) is 13.1. The van der Waals surface area contributed by atoms with Crippen LogP contribution in [0.3, 0.4) is 0 Å². The van der Waals surface area contributed by atoms with Crippen LogP contribution in [0.15, 0.2) is 42.5 Å². The lowest BCUT2D eigenvalue weighted by atomic mass is 10.1. The average Bonchev–Trinajstić information content (AvgIpc) is 3.62. The van der Waals surface area contributed by atoms with Crippen LogP contribution in [0.2, 0.25) is 0 Å². The molecule has 9 heteroatoms. The molecule has 5 rings (SSSR count). The summed E-state index contributed by atoms with van der Waals surface area (Å²) in [5, 5.41) is 5.77. The molecule has 0 aromatic heterocycles. The lowest BCUT2D eigenvalue weighted by Crippen LogP contribution is -2.48. The summed E-state index contributed by atoms with van der Waals surface area (Å²) in [4.78, 5) is 29.2. The number of hydrogen-bond acceptors (Lipinski definition) is 6. The zero-order valence-electron chi connectivity index (χ0n) is 20.2. The fourth-order valence-corrected chi connectivity index (χ4v) is 4.57. The number of urea groups is 1. The zero-order chi connectivity index (χ0) is 24.4. The number of methoxy groups -OCH3 is 1. The quantitative estimate of drug-likeness (QED) is 0.564. The van der Waals surface area contributed by atoms with Crippen molar-refractivity contribution in [1.29, 1.82) is 0 Å². The Bertz CT molecular complexity index is 1070. The summed E-state index contributed by atoms with van der Waals surface area (Å²) in [6.07, 6.45) is 2.23. The number of fused-ring (bicyclic) bond motifs is 1. The fourth-order valence-electron chi connectivity index (χ4n) is 4.57. The molecule has 3 amide bonds. The molecule has 0 saturated carbocycles. The first-order valence-corrected chi connectivity index (χ1v) is 12.1. The minimum absolute atomic E-state index is 0.0508. The van der Waals surface area contributed by atoms with Gasteiger partial charge in [-0.25, -0.2) is 4.79 Å². The van der Waals surface area contributed by atoms with E-state index < -0.39 is 0 Å². The summed E-state index contributed by atoms with van der Waals surface area (Å²) in [6.45, 7) is 3.43. The molecule has 186 valence electrons. The SMILES string of the molecule is COc1ccc(CN2CC3OC3NC2=O)cc1C(=O)NCc1ccc(OC2CCN(C)CC2)cc1. The monoisotopic (exact) mass is 480 g/mol.